The van der Waals surface area contributed by atoms with E-state index in [1.54, 1.807) is 0 Å². The molecule has 0 spiro atoms. The Bertz CT molecular complexity index is 497. The summed E-state index contributed by atoms with van der Waals surface area (Å²) in [5, 5.41) is 3.24. The van der Waals surface area contributed by atoms with Gasteiger partial charge in [-0.2, -0.15) is 13.2 Å². The first kappa shape index (κ1) is 16.4. The van der Waals surface area contributed by atoms with Crippen LogP contribution >= 0.6 is 11.6 Å². The Labute approximate surface area is 127 Å². The molecular weight excluding hydrogens is 303 g/mol. The fraction of sp³-hybridized carbons (Fsp3) is 0.571. The van der Waals surface area contributed by atoms with Gasteiger partial charge in [-0.1, -0.05) is 11.6 Å². The largest absolute Gasteiger partial charge is 0.416 e. The van der Waals surface area contributed by atoms with E-state index in [0.29, 0.717) is 12.2 Å². The van der Waals surface area contributed by atoms with E-state index in [1.807, 2.05) is 7.05 Å². The fourth-order valence-electron chi connectivity index (χ4n) is 2.56. The van der Waals surface area contributed by atoms with Crippen molar-refractivity contribution in [3.8, 4) is 0 Å². The van der Waals surface area contributed by atoms with Crippen molar-refractivity contribution in [2.45, 2.75) is 24.6 Å². The highest BCUT2D eigenvalue weighted by molar-refractivity contribution is 6.30. The molecule has 0 bridgehead atoms. The van der Waals surface area contributed by atoms with E-state index in [0.717, 1.165) is 38.1 Å². The quantitative estimate of drug-likeness (QED) is 0.898. The number of nitrogens with zero attached hydrogens (tertiary/aromatic N) is 1. The summed E-state index contributed by atoms with van der Waals surface area (Å²) in [4.78, 5) is 2.18. The van der Waals surface area contributed by atoms with Gasteiger partial charge in [0.1, 0.15) is 0 Å². The molecule has 1 aromatic rings. The van der Waals surface area contributed by atoms with Crippen molar-refractivity contribution < 1.29 is 13.2 Å². The summed E-state index contributed by atoms with van der Waals surface area (Å²) < 4.78 is 38.5. The molecule has 1 heterocycles. The van der Waals surface area contributed by atoms with Gasteiger partial charge < -0.3 is 16.0 Å². The van der Waals surface area contributed by atoms with Crippen molar-refractivity contribution >= 4 is 17.3 Å². The lowest BCUT2D eigenvalue weighted by atomic mass is 9.87. The van der Waals surface area contributed by atoms with Crippen molar-refractivity contribution in [3.05, 3.63) is 28.8 Å². The van der Waals surface area contributed by atoms with Gasteiger partial charge in [0, 0.05) is 30.3 Å². The number of nitrogens with two attached hydrogens (primary N) is 1. The lowest BCUT2D eigenvalue weighted by Crippen LogP contribution is -2.52. The van der Waals surface area contributed by atoms with Gasteiger partial charge in [0.15, 0.2) is 0 Å². The van der Waals surface area contributed by atoms with Crippen LogP contribution in [0.4, 0.5) is 18.9 Å². The van der Waals surface area contributed by atoms with Gasteiger partial charge in [-0.15, -0.1) is 0 Å². The molecule has 3 nitrogen and oxygen atoms in total. The number of anilines is 1. The number of piperidine rings is 1. The van der Waals surface area contributed by atoms with E-state index < -0.39 is 11.7 Å². The molecule has 0 radical (unpaired) electrons. The van der Waals surface area contributed by atoms with Crippen molar-refractivity contribution in [3.63, 3.8) is 0 Å². The van der Waals surface area contributed by atoms with E-state index in [1.165, 1.54) is 6.07 Å². The second-order valence-corrected chi connectivity index (χ2v) is 6.08. The summed E-state index contributed by atoms with van der Waals surface area (Å²) in [6, 6.07) is 3.52. The first-order valence-electron chi connectivity index (χ1n) is 6.79. The summed E-state index contributed by atoms with van der Waals surface area (Å²) in [7, 11) is 2.02. The van der Waals surface area contributed by atoms with Crippen LogP contribution in [0, 0.1) is 0 Å². The number of likely N-dealkylation sites (tertiary alicyclic amines) is 1. The predicted octanol–water partition coefficient (Wildman–Crippen LogP) is 3.19. The van der Waals surface area contributed by atoms with Gasteiger partial charge in [0.05, 0.1) is 11.1 Å². The fourth-order valence-corrected chi connectivity index (χ4v) is 2.79. The minimum absolute atomic E-state index is 0.0624. The number of nitrogens with one attached hydrogen (secondary N) is 1. The van der Waals surface area contributed by atoms with E-state index in [2.05, 4.69) is 10.2 Å². The molecule has 1 aromatic carbocycles. The zero-order chi connectivity index (χ0) is 15.7. The molecule has 118 valence electrons. The van der Waals surface area contributed by atoms with Crippen LogP contribution in [0.5, 0.6) is 0 Å². The Kier molecular flexibility index (Phi) is 4.70. The van der Waals surface area contributed by atoms with Crippen molar-refractivity contribution in [1.29, 1.82) is 0 Å². The molecular formula is C14H19ClF3N3. The highest BCUT2D eigenvalue weighted by Gasteiger charge is 2.34. The second-order valence-electron chi connectivity index (χ2n) is 5.64. The Hall–Kier alpha value is -0.980. The second kappa shape index (κ2) is 6.02. The number of alkyl halides is 3. The standard InChI is InChI=1S/C14H19ClF3N3/c1-21-4-2-13(9-19,3-5-21)20-12-7-10(14(16,17)18)6-11(15)8-12/h6-8,20H,2-5,9,19H2,1H3. The smallest absolute Gasteiger partial charge is 0.378 e. The summed E-state index contributed by atoms with van der Waals surface area (Å²) in [6.45, 7) is 2.09. The normalized spacial score (nSPS) is 19.5. The van der Waals surface area contributed by atoms with Gasteiger partial charge in [-0.3, -0.25) is 0 Å². The van der Waals surface area contributed by atoms with Crippen molar-refractivity contribution in [1.82, 2.24) is 4.90 Å². The summed E-state index contributed by atoms with van der Waals surface area (Å²) in [5.41, 5.74) is 5.10. The Morgan fingerprint density at radius 2 is 1.90 bits per heavy atom. The SMILES string of the molecule is CN1CCC(CN)(Nc2cc(Cl)cc(C(F)(F)F)c2)CC1. The molecule has 7 heteroatoms. The molecule has 0 amide bonds. The van der Waals surface area contributed by atoms with Gasteiger partial charge >= 0.3 is 6.18 Å². The minimum Gasteiger partial charge on any atom is -0.378 e. The maximum absolute atomic E-state index is 12.8. The maximum atomic E-state index is 12.8. The monoisotopic (exact) mass is 321 g/mol. The van der Waals surface area contributed by atoms with Crippen LogP contribution in [-0.4, -0.2) is 37.1 Å². The first-order valence-corrected chi connectivity index (χ1v) is 7.16. The summed E-state index contributed by atoms with van der Waals surface area (Å²) >= 11 is 5.81. The van der Waals surface area contributed by atoms with Crippen LogP contribution in [0.15, 0.2) is 18.2 Å². The van der Waals surface area contributed by atoms with Crippen LogP contribution in [0.3, 0.4) is 0 Å². The van der Waals surface area contributed by atoms with E-state index in [-0.39, 0.29) is 10.6 Å². The molecule has 1 aliphatic heterocycles. The van der Waals surface area contributed by atoms with E-state index in [9.17, 15) is 13.2 Å². The molecule has 1 aliphatic rings. The molecule has 2 rings (SSSR count). The van der Waals surface area contributed by atoms with Gasteiger partial charge in [-0.05, 0) is 38.1 Å². The van der Waals surface area contributed by atoms with E-state index in [4.69, 9.17) is 17.3 Å². The lowest BCUT2D eigenvalue weighted by Gasteiger charge is -2.41. The third-order valence-electron chi connectivity index (χ3n) is 3.97. The number of hydrogen-bond acceptors (Lipinski definition) is 3. The first-order chi connectivity index (χ1) is 9.74. The van der Waals surface area contributed by atoms with Crippen LogP contribution in [0.25, 0.3) is 0 Å². The molecule has 0 aromatic heterocycles. The Morgan fingerprint density at radius 1 is 1.29 bits per heavy atom. The van der Waals surface area contributed by atoms with Crippen LogP contribution in [0.2, 0.25) is 5.02 Å². The topological polar surface area (TPSA) is 41.3 Å². The maximum Gasteiger partial charge on any atom is 0.416 e. The molecule has 1 saturated heterocycles. The van der Waals surface area contributed by atoms with Gasteiger partial charge in [0.2, 0.25) is 0 Å². The average Bonchev–Trinajstić information content (AvgIpc) is 2.40. The van der Waals surface area contributed by atoms with Crippen LogP contribution in [-0.2, 0) is 6.18 Å². The van der Waals surface area contributed by atoms with Crippen molar-refractivity contribution in [2.75, 3.05) is 32.0 Å². The summed E-state index contributed by atoms with van der Waals surface area (Å²) in [6.07, 6.45) is -2.84. The molecule has 0 unspecified atom stereocenters. The Balaban J connectivity index is 2.24. The van der Waals surface area contributed by atoms with Gasteiger partial charge in [-0.25, -0.2) is 0 Å². The number of rotatable bonds is 3. The predicted molar refractivity (Wildman–Crippen MR) is 78.6 cm³/mol. The third kappa shape index (κ3) is 4.02. The molecule has 21 heavy (non-hydrogen) atoms. The number of halogens is 4. The van der Waals surface area contributed by atoms with Crippen LogP contribution < -0.4 is 11.1 Å². The van der Waals surface area contributed by atoms with E-state index >= 15 is 0 Å². The highest BCUT2D eigenvalue weighted by atomic mass is 35.5. The van der Waals surface area contributed by atoms with Crippen LogP contribution in [0.1, 0.15) is 18.4 Å². The zero-order valence-electron chi connectivity index (χ0n) is 11.8. The average molecular weight is 322 g/mol. The Morgan fingerprint density at radius 3 is 2.43 bits per heavy atom. The third-order valence-corrected chi connectivity index (χ3v) is 4.19. The highest BCUT2D eigenvalue weighted by Crippen LogP contribution is 2.35. The molecule has 0 atom stereocenters. The minimum atomic E-state index is -4.41. The van der Waals surface area contributed by atoms with Crippen molar-refractivity contribution in [2.24, 2.45) is 5.73 Å². The molecule has 3 N–H and O–H groups in total. The number of benzene rings is 1. The number of hydrogen-bond donors (Lipinski definition) is 2. The zero-order valence-corrected chi connectivity index (χ0v) is 12.6. The molecule has 0 saturated carbocycles. The molecule has 1 fully saturated rings. The lowest BCUT2D eigenvalue weighted by molar-refractivity contribution is -0.137. The molecule has 0 aliphatic carbocycles. The van der Waals surface area contributed by atoms with Gasteiger partial charge in [0.25, 0.3) is 0 Å². The summed E-state index contributed by atoms with van der Waals surface area (Å²) in [5.74, 6) is 0.